The summed E-state index contributed by atoms with van der Waals surface area (Å²) in [5, 5.41) is 3.52. The third kappa shape index (κ3) is 4.31. The molecule has 1 unspecified atom stereocenters. The highest BCUT2D eigenvalue weighted by Crippen LogP contribution is 2.29. The maximum atomic E-state index is 5.46. The van der Waals surface area contributed by atoms with Gasteiger partial charge in [-0.05, 0) is 32.4 Å². The van der Waals surface area contributed by atoms with Crippen LogP contribution in [0.1, 0.15) is 36.9 Å². The topological polar surface area (TPSA) is 30.5 Å². The summed E-state index contributed by atoms with van der Waals surface area (Å²) in [4.78, 5) is 0. The summed E-state index contributed by atoms with van der Waals surface area (Å²) in [5.41, 5.74) is 2.51. The zero-order valence-corrected chi connectivity index (χ0v) is 12.0. The maximum absolute atomic E-state index is 5.46. The number of rotatable bonds is 8. The smallest absolute Gasteiger partial charge is 0.123 e. The molecule has 0 saturated heterocycles. The first-order chi connectivity index (χ1) is 8.72. The zero-order chi connectivity index (χ0) is 13.4. The molecule has 0 saturated carbocycles. The monoisotopic (exact) mass is 251 g/mol. The molecule has 1 N–H and O–H groups in total. The second-order valence-corrected chi connectivity index (χ2v) is 4.49. The Kier molecular flexibility index (Phi) is 6.76. The quantitative estimate of drug-likeness (QED) is 0.720. The number of hydrogen-bond donors (Lipinski definition) is 1. The Balaban J connectivity index is 2.85. The molecular formula is C15H25NO2. The van der Waals surface area contributed by atoms with E-state index in [9.17, 15) is 0 Å². The molecule has 102 valence electrons. The zero-order valence-electron chi connectivity index (χ0n) is 12.0. The molecule has 0 aliphatic rings. The minimum atomic E-state index is 0.333. The van der Waals surface area contributed by atoms with E-state index in [0.29, 0.717) is 6.04 Å². The van der Waals surface area contributed by atoms with Crippen LogP contribution in [0.2, 0.25) is 0 Å². The highest BCUT2D eigenvalue weighted by Gasteiger charge is 2.15. The van der Waals surface area contributed by atoms with Crippen molar-refractivity contribution in [3.63, 3.8) is 0 Å². The Morgan fingerprint density at radius 1 is 1.28 bits per heavy atom. The lowest BCUT2D eigenvalue weighted by Crippen LogP contribution is -2.22. The summed E-state index contributed by atoms with van der Waals surface area (Å²) >= 11 is 0. The lowest BCUT2D eigenvalue weighted by Gasteiger charge is -2.21. The first-order valence-corrected chi connectivity index (χ1v) is 6.59. The van der Waals surface area contributed by atoms with Gasteiger partial charge in [0.1, 0.15) is 5.75 Å². The van der Waals surface area contributed by atoms with Crippen molar-refractivity contribution in [1.29, 1.82) is 0 Å². The van der Waals surface area contributed by atoms with E-state index in [-0.39, 0.29) is 0 Å². The largest absolute Gasteiger partial charge is 0.496 e. The molecule has 0 heterocycles. The maximum Gasteiger partial charge on any atom is 0.123 e. The van der Waals surface area contributed by atoms with Crippen LogP contribution in [-0.2, 0) is 4.74 Å². The molecule has 0 bridgehead atoms. The van der Waals surface area contributed by atoms with Gasteiger partial charge in [-0.25, -0.2) is 0 Å². The average Bonchev–Trinajstić information content (AvgIpc) is 2.38. The summed E-state index contributed by atoms with van der Waals surface area (Å²) in [6.45, 7) is 6.00. The van der Waals surface area contributed by atoms with Crippen LogP contribution in [0.25, 0.3) is 0 Å². The van der Waals surface area contributed by atoms with Crippen molar-refractivity contribution >= 4 is 0 Å². The molecule has 3 heteroatoms. The lowest BCUT2D eigenvalue weighted by atomic mass is 9.99. The van der Waals surface area contributed by atoms with Gasteiger partial charge in [-0.15, -0.1) is 0 Å². The van der Waals surface area contributed by atoms with Crippen LogP contribution in [0.15, 0.2) is 18.2 Å². The SMILES string of the molecule is CCNC(CCCOC)c1cc(C)ccc1OC. The van der Waals surface area contributed by atoms with Crippen LogP contribution in [0.3, 0.4) is 0 Å². The Labute approximate surface area is 110 Å². The fourth-order valence-corrected chi connectivity index (χ4v) is 2.17. The predicted molar refractivity (Wildman–Crippen MR) is 75.3 cm³/mol. The molecule has 0 fully saturated rings. The molecule has 0 spiro atoms. The number of ether oxygens (including phenoxy) is 2. The van der Waals surface area contributed by atoms with Crippen molar-refractivity contribution in [1.82, 2.24) is 5.32 Å². The van der Waals surface area contributed by atoms with Crippen LogP contribution < -0.4 is 10.1 Å². The van der Waals surface area contributed by atoms with Crippen LogP contribution in [0, 0.1) is 6.92 Å². The lowest BCUT2D eigenvalue weighted by molar-refractivity contribution is 0.188. The number of aryl methyl sites for hydroxylation is 1. The van der Waals surface area contributed by atoms with Crippen molar-refractivity contribution < 1.29 is 9.47 Å². The molecular weight excluding hydrogens is 226 g/mol. The van der Waals surface area contributed by atoms with Gasteiger partial charge in [0.25, 0.3) is 0 Å². The first kappa shape index (κ1) is 15.0. The van der Waals surface area contributed by atoms with Crippen LogP contribution >= 0.6 is 0 Å². The molecule has 1 rings (SSSR count). The van der Waals surface area contributed by atoms with Gasteiger partial charge in [0.2, 0.25) is 0 Å². The van der Waals surface area contributed by atoms with E-state index in [1.807, 2.05) is 6.07 Å². The van der Waals surface area contributed by atoms with Crippen molar-refractivity contribution in [3.05, 3.63) is 29.3 Å². The van der Waals surface area contributed by atoms with Crippen LogP contribution in [-0.4, -0.2) is 27.4 Å². The number of methoxy groups -OCH3 is 2. The van der Waals surface area contributed by atoms with E-state index in [0.717, 1.165) is 31.7 Å². The van der Waals surface area contributed by atoms with E-state index in [4.69, 9.17) is 9.47 Å². The van der Waals surface area contributed by atoms with Gasteiger partial charge in [0.15, 0.2) is 0 Å². The Morgan fingerprint density at radius 3 is 2.67 bits per heavy atom. The molecule has 18 heavy (non-hydrogen) atoms. The summed E-state index contributed by atoms with van der Waals surface area (Å²) in [7, 11) is 3.47. The van der Waals surface area contributed by atoms with Crippen molar-refractivity contribution in [2.45, 2.75) is 32.7 Å². The van der Waals surface area contributed by atoms with Gasteiger partial charge in [-0.3, -0.25) is 0 Å². The molecule has 0 aliphatic heterocycles. The first-order valence-electron chi connectivity index (χ1n) is 6.59. The normalized spacial score (nSPS) is 12.4. The summed E-state index contributed by atoms with van der Waals surface area (Å²) < 4.78 is 10.6. The fourth-order valence-electron chi connectivity index (χ4n) is 2.17. The van der Waals surface area contributed by atoms with Crippen molar-refractivity contribution in [3.8, 4) is 5.75 Å². The van der Waals surface area contributed by atoms with E-state index in [1.54, 1.807) is 14.2 Å². The number of benzene rings is 1. The summed E-state index contributed by atoms with van der Waals surface area (Å²) in [6, 6.07) is 6.67. The molecule has 1 aromatic carbocycles. The van der Waals surface area contributed by atoms with Gasteiger partial charge in [-0.1, -0.05) is 24.6 Å². The number of nitrogens with one attached hydrogen (secondary N) is 1. The Bertz CT molecular complexity index is 352. The Hall–Kier alpha value is -1.06. The molecule has 3 nitrogen and oxygen atoms in total. The molecule has 1 atom stereocenters. The molecule has 1 aromatic rings. The molecule has 0 aromatic heterocycles. The molecule has 0 radical (unpaired) electrons. The average molecular weight is 251 g/mol. The van der Waals surface area contributed by atoms with Crippen LogP contribution in [0.4, 0.5) is 0 Å². The van der Waals surface area contributed by atoms with Crippen molar-refractivity contribution in [2.75, 3.05) is 27.4 Å². The standard InChI is InChI=1S/C15H25NO2/c1-5-16-14(7-6-10-17-3)13-11-12(2)8-9-15(13)18-4/h8-9,11,14,16H,5-7,10H2,1-4H3. The van der Waals surface area contributed by atoms with Gasteiger partial charge in [-0.2, -0.15) is 0 Å². The van der Waals surface area contributed by atoms with Crippen LogP contribution in [0.5, 0.6) is 5.75 Å². The van der Waals surface area contributed by atoms with E-state index < -0.39 is 0 Å². The van der Waals surface area contributed by atoms with Gasteiger partial charge in [0, 0.05) is 25.3 Å². The minimum absolute atomic E-state index is 0.333. The molecule has 0 amide bonds. The highest BCUT2D eigenvalue weighted by molar-refractivity contribution is 5.39. The van der Waals surface area contributed by atoms with E-state index in [1.165, 1.54) is 11.1 Å². The second-order valence-electron chi connectivity index (χ2n) is 4.49. The van der Waals surface area contributed by atoms with Gasteiger partial charge < -0.3 is 14.8 Å². The second kappa shape index (κ2) is 8.11. The predicted octanol–water partition coefficient (Wildman–Crippen LogP) is 3.08. The van der Waals surface area contributed by atoms with Crippen molar-refractivity contribution in [2.24, 2.45) is 0 Å². The van der Waals surface area contributed by atoms with Gasteiger partial charge >= 0.3 is 0 Å². The molecule has 0 aliphatic carbocycles. The fraction of sp³-hybridized carbons (Fsp3) is 0.600. The third-order valence-electron chi connectivity index (χ3n) is 3.05. The third-order valence-corrected chi connectivity index (χ3v) is 3.05. The van der Waals surface area contributed by atoms with E-state index >= 15 is 0 Å². The Morgan fingerprint density at radius 2 is 2.06 bits per heavy atom. The minimum Gasteiger partial charge on any atom is -0.496 e. The summed E-state index contributed by atoms with van der Waals surface area (Å²) in [6.07, 6.45) is 2.10. The van der Waals surface area contributed by atoms with E-state index in [2.05, 4.69) is 31.3 Å². The van der Waals surface area contributed by atoms with Gasteiger partial charge in [0.05, 0.1) is 7.11 Å². The number of hydrogen-bond acceptors (Lipinski definition) is 3. The highest BCUT2D eigenvalue weighted by atomic mass is 16.5. The summed E-state index contributed by atoms with van der Waals surface area (Å²) in [5.74, 6) is 0.962.